The number of aliphatic hydroxyl groups excluding tert-OH is 1. The molecule has 0 bridgehead atoms. The molecule has 1 rings (SSSR count). The lowest BCUT2D eigenvalue weighted by Crippen LogP contribution is -2.24. The minimum atomic E-state index is -0.998. The van der Waals surface area contributed by atoms with Crippen molar-refractivity contribution in [3.8, 4) is 5.75 Å². The molecule has 0 saturated carbocycles. The molecule has 0 spiro atoms. The number of hydrogen-bond donors (Lipinski definition) is 3. The summed E-state index contributed by atoms with van der Waals surface area (Å²) in [6, 6.07) is 1.76. The first kappa shape index (κ1) is 11.2. The number of phenolic OH excluding ortho intramolecular Hbond substituents is 1. The smallest absolute Gasteiger partial charge is 0.170 e. The number of halogens is 2. The van der Waals surface area contributed by atoms with Gasteiger partial charge in [0.15, 0.2) is 11.6 Å². The van der Waals surface area contributed by atoms with Crippen LogP contribution >= 0.6 is 11.6 Å². The SMILES string of the molecule is CC(N)C(O)c1cc(F)c(O)c(Cl)c1. The number of hydrogen-bond acceptors (Lipinski definition) is 3. The molecule has 2 atom stereocenters. The van der Waals surface area contributed by atoms with Gasteiger partial charge in [-0.2, -0.15) is 0 Å². The van der Waals surface area contributed by atoms with E-state index >= 15 is 0 Å². The van der Waals surface area contributed by atoms with Crippen LogP contribution in [0.5, 0.6) is 5.75 Å². The third kappa shape index (κ3) is 2.15. The summed E-state index contributed by atoms with van der Waals surface area (Å²) in [5.41, 5.74) is 5.68. The minimum absolute atomic E-state index is 0.139. The van der Waals surface area contributed by atoms with E-state index in [-0.39, 0.29) is 10.6 Å². The second-order valence-electron chi connectivity index (χ2n) is 3.14. The van der Waals surface area contributed by atoms with Gasteiger partial charge in [-0.3, -0.25) is 0 Å². The fraction of sp³-hybridized carbons (Fsp3) is 0.333. The maximum Gasteiger partial charge on any atom is 0.170 e. The van der Waals surface area contributed by atoms with Gasteiger partial charge in [-0.15, -0.1) is 0 Å². The van der Waals surface area contributed by atoms with E-state index in [1.165, 1.54) is 6.07 Å². The van der Waals surface area contributed by atoms with Crippen LogP contribution in [0.2, 0.25) is 5.02 Å². The number of nitrogens with two attached hydrogens (primary N) is 1. The standard InChI is InChI=1S/C9H11ClFNO2/c1-4(12)8(13)5-2-6(10)9(14)7(11)3-5/h2-4,8,13-14H,12H2,1H3. The number of aliphatic hydroxyl groups is 1. The maximum atomic E-state index is 13.0. The summed E-state index contributed by atoms with van der Waals surface area (Å²) in [6.45, 7) is 1.59. The highest BCUT2D eigenvalue weighted by atomic mass is 35.5. The quantitative estimate of drug-likeness (QED) is 0.707. The molecule has 1 aromatic carbocycles. The van der Waals surface area contributed by atoms with Gasteiger partial charge in [-0.1, -0.05) is 11.6 Å². The number of rotatable bonds is 2. The Morgan fingerprint density at radius 3 is 2.50 bits per heavy atom. The highest BCUT2D eigenvalue weighted by molar-refractivity contribution is 6.32. The fourth-order valence-corrected chi connectivity index (χ4v) is 1.28. The molecule has 0 aromatic heterocycles. The van der Waals surface area contributed by atoms with Crippen LogP contribution in [0.15, 0.2) is 12.1 Å². The molecule has 0 heterocycles. The van der Waals surface area contributed by atoms with Crippen molar-refractivity contribution in [1.82, 2.24) is 0 Å². The van der Waals surface area contributed by atoms with Crippen molar-refractivity contribution in [2.75, 3.05) is 0 Å². The zero-order valence-electron chi connectivity index (χ0n) is 7.54. The molecule has 78 valence electrons. The van der Waals surface area contributed by atoms with Gasteiger partial charge in [-0.05, 0) is 24.6 Å². The van der Waals surface area contributed by atoms with Gasteiger partial charge in [-0.25, -0.2) is 4.39 Å². The molecule has 0 aliphatic rings. The Morgan fingerprint density at radius 2 is 2.07 bits per heavy atom. The number of phenols is 1. The van der Waals surface area contributed by atoms with Gasteiger partial charge in [0.25, 0.3) is 0 Å². The Kier molecular flexibility index (Phi) is 3.31. The van der Waals surface area contributed by atoms with Crippen LogP contribution in [0.25, 0.3) is 0 Å². The highest BCUT2D eigenvalue weighted by Crippen LogP contribution is 2.30. The van der Waals surface area contributed by atoms with Crippen molar-refractivity contribution < 1.29 is 14.6 Å². The zero-order valence-corrected chi connectivity index (χ0v) is 8.29. The van der Waals surface area contributed by atoms with Crippen molar-refractivity contribution in [3.05, 3.63) is 28.5 Å². The van der Waals surface area contributed by atoms with Crippen molar-refractivity contribution in [2.45, 2.75) is 19.1 Å². The maximum absolute atomic E-state index is 13.0. The van der Waals surface area contributed by atoms with E-state index in [2.05, 4.69) is 0 Å². The Morgan fingerprint density at radius 1 is 1.50 bits per heavy atom. The molecule has 3 nitrogen and oxygen atoms in total. The molecule has 0 amide bonds. The van der Waals surface area contributed by atoms with Gasteiger partial charge in [0.1, 0.15) is 0 Å². The van der Waals surface area contributed by atoms with Crippen LogP contribution in [-0.4, -0.2) is 16.3 Å². The van der Waals surface area contributed by atoms with E-state index in [4.69, 9.17) is 22.4 Å². The Balaban J connectivity index is 3.12. The average molecular weight is 220 g/mol. The monoisotopic (exact) mass is 219 g/mol. The van der Waals surface area contributed by atoms with E-state index in [1.54, 1.807) is 6.92 Å². The summed E-state index contributed by atoms with van der Waals surface area (Å²) in [4.78, 5) is 0. The minimum Gasteiger partial charge on any atom is -0.504 e. The molecule has 5 heteroatoms. The Labute approximate surface area is 85.9 Å². The lowest BCUT2D eigenvalue weighted by atomic mass is 10.0. The van der Waals surface area contributed by atoms with Crippen LogP contribution in [0.3, 0.4) is 0 Å². The molecule has 0 aliphatic heterocycles. The summed E-state index contributed by atoms with van der Waals surface area (Å²) in [5, 5.41) is 18.4. The molecule has 2 unspecified atom stereocenters. The van der Waals surface area contributed by atoms with Gasteiger partial charge < -0.3 is 15.9 Å². The van der Waals surface area contributed by atoms with Gasteiger partial charge in [0.2, 0.25) is 0 Å². The molecule has 0 aliphatic carbocycles. The molecule has 1 aromatic rings. The van der Waals surface area contributed by atoms with Crippen molar-refractivity contribution >= 4 is 11.6 Å². The van der Waals surface area contributed by atoms with Crippen molar-refractivity contribution in [1.29, 1.82) is 0 Å². The third-order valence-electron chi connectivity index (χ3n) is 1.88. The van der Waals surface area contributed by atoms with E-state index < -0.39 is 23.7 Å². The lowest BCUT2D eigenvalue weighted by molar-refractivity contribution is 0.153. The molecule has 4 N–H and O–H groups in total. The largest absolute Gasteiger partial charge is 0.504 e. The molecular formula is C9H11ClFNO2. The molecule has 0 saturated heterocycles. The van der Waals surface area contributed by atoms with Gasteiger partial charge in [0.05, 0.1) is 11.1 Å². The van der Waals surface area contributed by atoms with Crippen molar-refractivity contribution in [2.24, 2.45) is 5.73 Å². The second-order valence-corrected chi connectivity index (χ2v) is 3.54. The van der Waals surface area contributed by atoms with Gasteiger partial charge in [0, 0.05) is 6.04 Å². The van der Waals surface area contributed by atoms with Crippen LogP contribution < -0.4 is 5.73 Å². The predicted molar refractivity (Wildman–Crippen MR) is 51.7 cm³/mol. The number of aromatic hydroxyl groups is 1. The average Bonchev–Trinajstić information content (AvgIpc) is 2.12. The summed E-state index contributed by atoms with van der Waals surface area (Å²) < 4.78 is 13.0. The summed E-state index contributed by atoms with van der Waals surface area (Å²) in [6.07, 6.45) is -0.998. The molecular weight excluding hydrogens is 209 g/mol. The Bertz CT molecular complexity index is 321. The second kappa shape index (κ2) is 4.13. The van der Waals surface area contributed by atoms with E-state index in [9.17, 15) is 9.50 Å². The lowest BCUT2D eigenvalue weighted by Gasteiger charge is -2.15. The van der Waals surface area contributed by atoms with Crippen LogP contribution in [-0.2, 0) is 0 Å². The summed E-state index contributed by atoms with van der Waals surface area (Å²) in [7, 11) is 0. The van der Waals surface area contributed by atoms with Crippen LogP contribution in [0, 0.1) is 5.82 Å². The molecule has 14 heavy (non-hydrogen) atoms. The predicted octanol–water partition coefficient (Wildman–Crippen LogP) is 1.57. The van der Waals surface area contributed by atoms with E-state index in [1.807, 2.05) is 0 Å². The topological polar surface area (TPSA) is 66.5 Å². The third-order valence-corrected chi connectivity index (χ3v) is 2.17. The first-order valence-corrected chi connectivity index (χ1v) is 4.43. The highest BCUT2D eigenvalue weighted by Gasteiger charge is 2.16. The van der Waals surface area contributed by atoms with E-state index in [0.29, 0.717) is 0 Å². The molecule has 0 fully saturated rings. The van der Waals surface area contributed by atoms with Crippen LogP contribution in [0.4, 0.5) is 4.39 Å². The Hall–Kier alpha value is -0.840. The van der Waals surface area contributed by atoms with Gasteiger partial charge >= 0.3 is 0 Å². The van der Waals surface area contributed by atoms with E-state index in [0.717, 1.165) is 6.07 Å². The number of benzene rings is 1. The zero-order chi connectivity index (χ0) is 10.9. The summed E-state index contributed by atoms with van der Waals surface area (Å²) in [5.74, 6) is -1.49. The fourth-order valence-electron chi connectivity index (χ4n) is 1.06. The van der Waals surface area contributed by atoms with Crippen molar-refractivity contribution in [3.63, 3.8) is 0 Å². The van der Waals surface area contributed by atoms with Crippen LogP contribution in [0.1, 0.15) is 18.6 Å². The first-order valence-electron chi connectivity index (χ1n) is 4.05. The normalized spacial score (nSPS) is 15.2. The first-order chi connectivity index (χ1) is 6.43. The molecule has 0 radical (unpaired) electrons. The summed E-state index contributed by atoms with van der Waals surface area (Å²) >= 11 is 5.53.